The summed E-state index contributed by atoms with van der Waals surface area (Å²) < 4.78 is 0. The van der Waals surface area contributed by atoms with E-state index < -0.39 is 59.6 Å². The lowest BCUT2D eigenvalue weighted by Gasteiger charge is -2.32. The second kappa shape index (κ2) is 20.5. The highest BCUT2D eigenvalue weighted by atomic mass is 16.3. The first-order chi connectivity index (χ1) is 22.5. The molecule has 0 saturated heterocycles. The normalized spacial score (nSPS) is 13.0. The third-order valence-corrected chi connectivity index (χ3v) is 7.02. The number of nitrogens with zero attached hydrogens (tertiary/aromatic N) is 3. The molecule has 0 aliphatic heterocycles. The zero-order valence-electron chi connectivity index (χ0n) is 27.2. The van der Waals surface area contributed by atoms with Gasteiger partial charge in [0.25, 0.3) is 0 Å². The number of carbonyl (C=O) groups is 6. The van der Waals surface area contributed by atoms with E-state index in [1.54, 1.807) is 12.1 Å². The van der Waals surface area contributed by atoms with E-state index in [2.05, 4.69) is 25.9 Å². The van der Waals surface area contributed by atoms with Crippen LogP contribution in [0.3, 0.4) is 0 Å². The maximum atomic E-state index is 13.9. The Morgan fingerprint density at radius 2 is 1.29 bits per heavy atom. The highest BCUT2D eigenvalue weighted by Gasteiger charge is 2.34. The number of primary amides is 2. The van der Waals surface area contributed by atoms with E-state index >= 15 is 0 Å². The molecule has 0 aliphatic carbocycles. The molecule has 0 aliphatic rings. The van der Waals surface area contributed by atoms with Crippen molar-refractivity contribution in [2.45, 2.75) is 76.0 Å². The number of aromatic hydroxyl groups is 1. The average molecular weight is 677 g/mol. The predicted octanol–water partition coefficient (Wildman–Crippen LogP) is -3.91. The van der Waals surface area contributed by atoms with Crippen LogP contribution in [0.25, 0.3) is 0 Å². The van der Waals surface area contributed by atoms with Crippen molar-refractivity contribution in [3.05, 3.63) is 29.8 Å². The van der Waals surface area contributed by atoms with Gasteiger partial charge in [-0.3, -0.25) is 38.8 Å². The van der Waals surface area contributed by atoms with E-state index in [0.717, 1.165) is 4.90 Å². The van der Waals surface area contributed by atoms with E-state index in [1.807, 2.05) is 0 Å². The molecule has 0 fully saturated rings. The molecule has 0 saturated carbocycles. The molecule has 0 spiro atoms. The standard InChI is InChI=1S/C29H48N12O7/c1-16(42)38-19(5-3-13-36-28(32)33)25(46)39-20(11-12-23(30)44)27(48)41(2)22(6-4-14-37-29(34)35)26(47)40-21(24(31)45)15-17-7-9-18(43)10-8-17/h7-10,19-22,43H,3-6,11-15H2,1-2H3,(H2,30,44)(H2,31,45)(H,38,42)(H,39,46)(H,40,47)(H4,32,33,36)(H4,34,35,37)/t19-,20-,21-,22-/m0/s1. The summed E-state index contributed by atoms with van der Waals surface area (Å²) in [7, 11) is 1.32. The number of nitrogens with two attached hydrogens (primary N) is 6. The summed E-state index contributed by atoms with van der Waals surface area (Å²) in [4.78, 5) is 85.4. The van der Waals surface area contributed by atoms with Crippen LogP contribution < -0.4 is 50.4 Å². The Morgan fingerprint density at radius 3 is 1.79 bits per heavy atom. The zero-order valence-corrected chi connectivity index (χ0v) is 27.2. The molecule has 6 amide bonds. The van der Waals surface area contributed by atoms with Gasteiger partial charge in [-0.05, 0) is 49.8 Å². The van der Waals surface area contributed by atoms with Gasteiger partial charge >= 0.3 is 0 Å². The first kappa shape index (κ1) is 40.4. The number of phenols is 1. The third-order valence-electron chi connectivity index (χ3n) is 7.02. The minimum Gasteiger partial charge on any atom is -0.508 e. The highest BCUT2D eigenvalue weighted by molar-refractivity contribution is 5.95. The molecule has 4 atom stereocenters. The molecule has 1 aromatic carbocycles. The Morgan fingerprint density at radius 1 is 0.750 bits per heavy atom. The van der Waals surface area contributed by atoms with Crippen LogP contribution >= 0.6 is 0 Å². The van der Waals surface area contributed by atoms with Gasteiger partial charge in [-0.25, -0.2) is 0 Å². The Kier molecular flexibility index (Phi) is 17.2. The van der Waals surface area contributed by atoms with Crippen LogP contribution in [-0.4, -0.2) is 102 Å². The number of benzene rings is 1. The fraction of sp³-hybridized carbons (Fsp3) is 0.517. The number of hydrogen-bond acceptors (Lipinski definition) is 9. The van der Waals surface area contributed by atoms with Gasteiger partial charge in [0.15, 0.2) is 11.9 Å². The molecular weight excluding hydrogens is 628 g/mol. The minimum atomic E-state index is -1.35. The van der Waals surface area contributed by atoms with Crippen molar-refractivity contribution in [1.82, 2.24) is 20.9 Å². The number of guanidine groups is 2. The molecule has 19 nitrogen and oxygen atoms in total. The van der Waals surface area contributed by atoms with Crippen LogP contribution in [0.15, 0.2) is 34.3 Å². The van der Waals surface area contributed by atoms with Gasteiger partial charge < -0.3 is 60.4 Å². The number of rotatable bonds is 21. The molecule has 0 unspecified atom stereocenters. The summed E-state index contributed by atoms with van der Waals surface area (Å²) in [6, 6.07) is 1.11. The minimum absolute atomic E-state index is 0.00621. The lowest BCUT2D eigenvalue weighted by atomic mass is 10.0. The number of hydrogen-bond donors (Lipinski definition) is 10. The molecule has 0 radical (unpaired) electrons. The maximum Gasteiger partial charge on any atom is 0.245 e. The van der Waals surface area contributed by atoms with Gasteiger partial charge in [0.1, 0.15) is 29.9 Å². The van der Waals surface area contributed by atoms with Gasteiger partial charge in [-0.1, -0.05) is 12.1 Å². The summed E-state index contributed by atoms with van der Waals surface area (Å²) in [5.41, 5.74) is 33.0. The SMILES string of the molecule is CC(=O)N[C@@H](CCCN=C(N)N)C(=O)N[C@@H](CCC(N)=O)C(=O)N(C)[C@@H](CCCN=C(N)N)C(=O)N[C@@H](Cc1ccc(O)cc1)C(N)=O. The number of likely N-dealkylation sites (N-methyl/N-ethyl adjacent to an activating group) is 1. The lowest BCUT2D eigenvalue weighted by Crippen LogP contribution is -2.58. The predicted molar refractivity (Wildman–Crippen MR) is 177 cm³/mol. The summed E-state index contributed by atoms with van der Waals surface area (Å²) in [5.74, 6) is -4.65. The maximum absolute atomic E-state index is 13.9. The van der Waals surface area contributed by atoms with Crippen LogP contribution in [0.1, 0.15) is 51.0 Å². The molecule has 1 aromatic rings. The second-order valence-electron chi connectivity index (χ2n) is 11.0. The highest BCUT2D eigenvalue weighted by Crippen LogP contribution is 2.14. The van der Waals surface area contributed by atoms with Crippen molar-refractivity contribution in [3.63, 3.8) is 0 Å². The van der Waals surface area contributed by atoms with Crippen molar-refractivity contribution in [2.75, 3.05) is 20.1 Å². The van der Waals surface area contributed by atoms with Crippen LogP contribution in [0.5, 0.6) is 5.75 Å². The Labute approximate surface area is 278 Å². The van der Waals surface area contributed by atoms with Crippen LogP contribution in [0.4, 0.5) is 0 Å². The molecule has 19 heteroatoms. The number of amides is 6. The van der Waals surface area contributed by atoms with Crippen LogP contribution in [0, 0.1) is 0 Å². The van der Waals surface area contributed by atoms with Gasteiger partial charge in [0.05, 0.1) is 0 Å². The van der Waals surface area contributed by atoms with Gasteiger partial charge in [-0.2, -0.15) is 0 Å². The Balaban J connectivity index is 3.31. The number of nitrogens with one attached hydrogen (secondary N) is 3. The van der Waals surface area contributed by atoms with Crippen molar-refractivity contribution in [3.8, 4) is 5.75 Å². The summed E-state index contributed by atoms with van der Waals surface area (Å²) >= 11 is 0. The van der Waals surface area contributed by atoms with Crippen LogP contribution in [0.2, 0.25) is 0 Å². The van der Waals surface area contributed by atoms with E-state index in [0.29, 0.717) is 12.0 Å². The van der Waals surface area contributed by atoms with E-state index in [1.165, 1.54) is 26.1 Å². The van der Waals surface area contributed by atoms with Gasteiger partial charge in [0, 0.05) is 39.9 Å². The summed E-state index contributed by atoms with van der Waals surface area (Å²) in [6.45, 7) is 1.50. The van der Waals surface area contributed by atoms with Crippen LogP contribution in [-0.2, 0) is 35.2 Å². The summed E-state index contributed by atoms with van der Waals surface area (Å²) in [6.07, 6.45) is 0.136. The topological polar surface area (TPSA) is 343 Å². The van der Waals surface area contributed by atoms with Crippen molar-refractivity contribution in [1.29, 1.82) is 0 Å². The molecule has 0 heterocycles. The first-order valence-electron chi connectivity index (χ1n) is 15.1. The largest absolute Gasteiger partial charge is 0.508 e. The number of phenolic OH excluding ortho intramolecular Hbond substituents is 1. The average Bonchev–Trinajstić information content (AvgIpc) is 2.99. The molecular formula is C29H48N12O7. The molecule has 0 bridgehead atoms. The summed E-state index contributed by atoms with van der Waals surface area (Å²) in [5, 5.41) is 17.2. The van der Waals surface area contributed by atoms with Crippen molar-refractivity contribution in [2.24, 2.45) is 44.4 Å². The van der Waals surface area contributed by atoms with Gasteiger partial charge in [0.2, 0.25) is 35.4 Å². The van der Waals surface area contributed by atoms with Crippen molar-refractivity contribution >= 4 is 47.4 Å². The Hall–Kier alpha value is -5.62. The number of aliphatic imine (C=N–C) groups is 2. The van der Waals surface area contributed by atoms with E-state index in [-0.39, 0.29) is 69.3 Å². The number of carbonyl (C=O) groups excluding carboxylic acids is 6. The lowest BCUT2D eigenvalue weighted by molar-refractivity contribution is -0.143. The second-order valence-corrected chi connectivity index (χ2v) is 11.0. The molecule has 16 N–H and O–H groups in total. The third kappa shape index (κ3) is 15.6. The first-order valence-corrected chi connectivity index (χ1v) is 15.1. The molecule has 48 heavy (non-hydrogen) atoms. The fourth-order valence-corrected chi connectivity index (χ4v) is 4.59. The molecule has 266 valence electrons. The van der Waals surface area contributed by atoms with E-state index in [9.17, 15) is 33.9 Å². The Bertz CT molecular complexity index is 1330. The molecule has 1 rings (SSSR count). The zero-order chi connectivity index (χ0) is 36.4. The quantitative estimate of drug-likeness (QED) is 0.0341. The monoisotopic (exact) mass is 676 g/mol. The molecule has 0 aromatic heterocycles. The van der Waals surface area contributed by atoms with E-state index in [4.69, 9.17) is 34.4 Å². The van der Waals surface area contributed by atoms with Crippen molar-refractivity contribution < 1.29 is 33.9 Å². The fourth-order valence-electron chi connectivity index (χ4n) is 4.59. The van der Waals surface area contributed by atoms with Gasteiger partial charge in [-0.15, -0.1) is 0 Å². The smallest absolute Gasteiger partial charge is 0.245 e.